The number of Topliss-reactive ketones (excluding diaryl/α,β-unsaturated/α-hetero) is 1. The lowest BCUT2D eigenvalue weighted by molar-refractivity contribution is 0.0993. The number of carbonyl (C=O) groups excluding carboxylic acids is 1. The van der Waals surface area contributed by atoms with Gasteiger partial charge in [-0.25, -0.2) is 0 Å². The van der Waals surface area contributed by atoms with Crippen LogP contribution in [0.1, 0.15) is 34.2 Å². The molecule has 3 aromatic heterocycles. The number of nitrogens with zero attached hydrogens (tertiary/aromatic N) is 4. The lowest BCUT2D eigenvalue weighted by Gasteiger charge is -2.13. The molecule has 0 saturated heterocycles. The molecule has 6 nitrogen and oxygen atoms in total. The number of aromatic nitrogens is 4. The van der Waals surface area contributed by atoms with E-state index in [9.17, 15) is 4.79 Å². The van der Waals surface area contributed by atoms with Crippen LogP contribution in [0.2, 0.25) is 0 Å². The van der Waals surface area contributed by atoms with Gasteiger partial charge in [0.25, 0.3) is 0 Å². The summed E-state index contributed by atoms with van der Waals surface area (Å²) >= 11 is 1.40. The Hall–Kier alpha value is -3.19. The molecule has 0 radical (unpaired) electrons. The zero-order valence-electron chi connectivity index (χ0n) is 17.1. The maximum Gasteiger partial charge on any atom is 0.192 e. The van der Waals surface area contributed by atoms with Gasteiger partial charge in [0, 0.05) is 23.5 Å². The molecule has 30 heavy (non-hydrogen) atoms. The quantitative estimate of drug-likeness (QED) is 0.312. The normalized spacial score (nSPS) is 12.1. The van der Waals surface area contributed by atoms with E-state index in [1.165, 1.54) is 17.3 Å². The summed E-state index contributed by atoms with van der Waals surface area (Å²) in [6, 6.07) is 13.4. The van der Waals surface area contributed by atoms with Gasteiger partial charge in [-0.2, -0.15) is 0 Å². The number of aryl methyl sites for hydroxylation is 2. The molecular formula is C23H22N4O2S. The fourth-order valence-corrected chi connectivity index (χ4v) is 4.05. The van der Waals surface area contributed by atoms with E-state index >= 15 is 0 Å². The molecule has 0 aliphatic heterocycles. The lowest BCUT2D eigenvalue weighted by Crippen LogP contribution is -2.15. The molecule has 0 aliphatic rings. The summed E-state index contributed by atoms with van der Waals surface area (Å²) in [6.45, 7) is 6.43. The van der Waals surface area contributed by atoms with Crippen molar-refractivity contribution in [2.45, 2.75) is 37.7 Å². The van der Waals surface area contributed by atoms with Gasteiger partial charge in [-0.05, 0) is 62.2 Å². The molecule has 1 aromatic carbocycles. The van der Waals surface area contributed by atoms with Crippen molar-refractivity contribution < 1.29 is 9.21 Å². The van der Waals surface area contributed by atoms with Crippen LogP contribution in [0.15, 0.2) is 70.7 Å². The molecule has 1 atom stereocenters. The summed E-state index contributed by atoms with van der Waals surface area (Å²) in [4.78, 5) is 17.2. The van der Waals surface area contributed by atoms with Crippen molar-refractivity contribution in [3.05, 3.63) is 83.6 Å². The molecule has 4 aromatic rings. The first-order chi connectivity index (χ1) is 14.5. The van der Waals surface area contributed by atoms with E-state index in [4.69, 9.17) is 4.42 Å². The second kappa shape index (κ2) is 8.67. The maximum absolute atomic E-state index is 13.0. The van der Waals surface area contributed by atoms with Crippen LogP contribution in [-0.2, 0) is 6.54 Å². The predicted molar refractivity (Wildman–Crippen MR) is 117 cm³/mol. The zero-order valence-corrected chi connectivity index (χ0v) is 17.9. The molecule has 0 aliphatic carbocycles. The Balaban J connectivity index is 1.63. The number of hydrogen-bond donors (Lipinski definition) is 0. The average molecular weight is 419 g/mol. The van der Waals surface area contributed by atoms with Crippen LogP contribution in [0.3, 0.4) is 0 Å². The number of benzene rings is 1. The Kier molecular flexibility index (Phi) is 5.81. The highest BCUT2D eigenvalue weighted by Gasteiger charge is 2.22. The van der Waals surface area contributed by atoms with Crippen molar-refractivity contribution in [1.29, 1.82) is 0 Å². The number of furan rings is 1. The molecule has 4 rings (SSSR count). The van der Waals surface area contributed by atoms with E-state index in [1.807, 2.05) is 67.8 Å². The number of ketones is 1. The van der Waals surface area contributed by atoms with Crippen molar-refractivity contribution in [2.75, 3.05) is 0 Å². The highest BCUT2D eigenvalue weighted by molar-refractivity contribution is 8.00. The van der Waals surface area contributed by atoms with Gasteiger partial charge in [0.15, 0.2) is 16.8 Å². The van der Waals surface area contributed by atoms with Gasteiger partial charge in [0.1, 0.15) is 5.76 Å². The minimum Gasteiger partial charge on any atom is -0.467 e. The van der Waals surface area contributed by atoms with Crippen molar-refractivity contribution in [2.24, 2.45) is 0 Å². The Morgan fingerprint density at radius 2 is 2.00 bits per heavy atom. The molecule has 3 heterocycles. The van der Waals surface area contributed by atoms with Gasteiger partial charge >= 0.3 is 0 Å². The van der Waals surface area contributed by atoms with Crippen LogP contribution in [-0.4, -0.2) is 30.8 Å². The van der Waals surface area contributed by atoms with Gasteiger partial charge in [-0.3, -0.25) is 14.3 Å². The summed E-state index contributed by atoms with van der Waals surface area (Å²) in [5.74, 6) is 1.54. The van der Waals surface area contributed by atoms with Gasteiger partial charge in [0.2, 0.25) is 0 Å². The summed E-state index contributed by atoms with van der Waals surface area (Å²) in [5.41, 5.74) is 3.85. The number of hydrogen-bond acceptors (Lipinski definition) is 6. The third kappa shape index (κ3) is 4.21. The first-order valence-electron chi connectivity index (χ1n) is 9.67. The van der Waals surface area contributed by atoms with Crippen molar-refractivity contribution >= 4 is 17.5 Å². The summed E-state index contributed by atoms with van der Waals surface area (Å²) in [6.07, 6.45) is 5.11. The third-order valence-corrected chi connectivity index (χ3v) is 6.05. The van der Waals surface area contributed by atoms with E-state index in [-0.39, 0.29) is 11.0 Å². The largest absolute Gasteiger partial charge is 0.467 e. The number of carbonyl (C=O) groups is 1. The van der Waals surface area contributed by atoms with Gasteiger partial charge in [-0.15, -0.1) is 10.2 Å². The first-order valence-corrected chi connectivity index (χ1v) is 10.5. The molecule has 0 fully saturated rings. The highest BCUT2D eigenvalue weighted by Crippen LogP contribution is 2.29. The maximum atomic E-state index is 13.0. The zero-order chi connectivity index (χ0) is 21.1. The predicted octanol–water partition coefficient (Wildman–Crippen LogP) is 4.96. The Labute approximate surface area is 179 Å². The summed E-state index contributed by atoms with van der Waals surface area (Å²) < 4.78 is 7.49. The van der Waals surface area contributed by atoms with E-state index in [1.54, 1.807) is 18.7 Å². The Morgan fingerprint density at radius 1 is 1.13 bits per heavy atom. The number of pyridine rings is 1. The van der Waals surface area contributed by atoms with Crippen LogP contribution < -0.4 is 0 Å². The molecule has 7 heteroatoms. The third-order valence-electron chi connectivity index (χ3n) is 4.97. The standard InChI is InChI=1S/C23H22N4O2S/c1-15-8-9-18(12-16(15)2)21(28)17(3)30-23-26-25-22(19-6-4-10-24-13-19)27(23)14-20-7-5-11-29-20/h4-13,17H,14H2,1-3H3. The Morgan fingerprint density at radius 3 is 2.70 bits per heavy atom. The number of rotatable bonds is 7. The minimum atomic E-state index is -0.312. The van der Waals surface area contributed by atoms with Crippen LogP contribution in [0.4, 0.5) is 0 Å². The van der Waals surface area contributed by atoms with Gasteiger partial charge in [-0.1, -0.05) is 23.9 Å². The molecule has 0 amide bonds. The van der Waals surface area contributed by atoms with Crippen LogP contribution in [0.5, 0.6) is 0 Å². The molecular weight excluding hydrogens is 396 g/mol. The smallest absolute Gasteiger partial charge is 0.192 e. The summed E-state index contributed by atoms with van der Waals surface area (Å²) in [7, 11) is 0. The minimum absolute atomic E-state index is 0.0681. The average Bonchev–Trinajstić information content (AvgIpc) is 3.41. The van der Waals surface area contributed by atoms with Crippen LogP contribution >= 0.6 is 11.8 Å². The highest BCUT2D eigenvalue weighted by atomic mass is 32.2. The van der Waals surface area contributed by atoms with Gasteiger partial charge < -0.3 is 4.42 Å². The molecule has 0 N–H and O–H groups in total. The van der Waals surface area contributed by atoms with Crippen molar-refractivity contribution in [3.8, 4) is 11.4 Å². The van der Waals surface area contributed by atoms with Gasteiger partial charge in [0.05, 0.1) is 18.1 Å². The fourth-order valence-electron chi connectivity index (χ4n) is 3.13. The second-order valence-electron chi connectivity index (χ2n) is 7.14. The lowest BCUT2D eigenvalue weighted by atomic mass is 10.0. The van der Waals surface area contributed by atoms with Crippen LogP contribution in [0, 0.1) is 13.8 Å². The fraction of sp³-hybridized carbons (Fsp3) is 0.217. The van der Waals surface area contributed by atoms with E-state index < -0.39 is 0 Å². The molecule has 0 saturated carbocycles. The van der Waals surface area contributed by atoms with Crippen molar-refractivity contribution in [3.63, 3.8) is 0 Å². The SMILES string of the molecule is Cc1ccc(C(=O)C(C)Sc2nnc(-c3cccnc3)n2Cc2ccco2)cc1C. The summed E-state index contributed by atoms with van der Waals surface area (Å²) in [5, 5.41) is 9.10. The molecule has 152 valence electrons. The van der Waals surface area contributed by atoms with Crippen molar-refractivity contribution in [1.82, 2.24) is 19.7 Å². The van der Waals surface area contributed by atoms with E-state index in [2.05, 4.69) is 15.2 Å². The topological polar surface area (TPSA) is 73.8 Å². The molecule has 1 unspecified atom stereocenters. The van der Waals surface area contributed by atoms with E-state index in [0.29, 0.717) is 23.1 Å². The monoisotopic (exact) mass is 418 g/mol. The molecule has 0 spiro atoms. The molecule has 0 bridgehead atoms. The van der Waals surface area contributed by atoms with E-state index in [0.717, 1.165) is 16.9 Å². The second-order valence-corrected chi connectivity index (χ2v) is 8.44. The first kappa shape index (κ1) is 20.1. The Bertz CT molecular complexity index is 1150. The number of thioether (sulfide) groups is 1. The van der Waals surface area contributed by atoms with Crippen LogP contribution in [0.25, 0.3) is 11.4 Å².